The first-order chi connectivity index (χ1) is 16.9. The Hall–Kier alpha value is -1.98. The van der Waals surface area contributed by atoms with Crippen LogP contribution < -0.4 is 5.32 Å². The minimum atomic E-state index is -2.11. The summed E-state index contributed by atoms with van der Waals surface area (Å²) < 4.78 is 17.5. The van der Waals surface area contributed by atoms with Crippen molar-refractivity contribution in [3.8, 4) is 0 Å². The minimum absolute atomic E-state index is 0.00125. The quantitative estimate of drug-likeness (QED) is 0.399. The van der Waals surface area contributed by atoms with E-state index in [1.807, 2.05) is 27.7 Å². The lowest BCUT2D eigenvalue weighted by molar-refractivity contribution is -0.123. The second-order valence-corrected chi connectivity index (χ2v) is 17.5. The third-order valence-corrected chi connectivity index (χ3v) is 12.2. The van der Waals surface area contributed by atoms with Gasteiger partial charge in [0.15, 0.2) is 8.32 Å². The topological polar surface area (TPSA) is 127 Å². The van der Waals surface area contributed by atoms with Crippen LogP contribution in [0.15, 0.2) is 10.8 Å². The number of amides is 2. The first kappa shape index (κ1) is 31.2. The number of carbonyl (C=O) groups is 2. The van der Waals surface area contributed by atoms with E-state index in [4.69, 9.17) is 13.6 Å². The molecule has 2 heterocycles. The molecule has 0 radical (unpaired) electrons. The van der Waals surface area contributed by atoms with Crippen LogP contribution in [0.3, 0.4) is 0 Å². The van der Waals surface area contributed by atoms with E-state index in [2.05, 4.69) is 49.4 Å². The number of aromatic nitrogens is 2. The zero-order valence-corrected chi connectivity index (χ0v) is 25.4. The van der Waals surface area contributed by atoms with E-state index in [1.165, 1.54) is 6.39 Å². The number of carbonyl (C=O) groups excluding carboxylic acids is 2. The lowest BCUT2D eigenvalue weighted by atomic mass is 9.84. The van der Waals surface area contributed by atoms with Gasteiger partial charge in [0.1, 0.15) is 11.6 Å². The van der Waals surface area contributed by atoms with Crippen molar-refractivity contribution in [3.63, 3.8) is 0 Å². The van der Waals surface area contributed by atoms with Crippen molar-refractivity contribution in [3.05, 3.63) is 12.3 Å². The van der Waals surface area contributed by atoms with Gasteiger partial charge in [-0.05, 0) is 78.4 Å². The normalized spacial score (nSPS) is 21.4. The highest BCUT2D eigenvalue weighted by Crippen LogP contribution is 2.39. The summed E-state index contributed by atoms with van der Waals surface area (Å²) in [6.45, 7) is 20.4. The lowest BCUT2D eigenvalue weighted by Gasteiger charge is -2.41. The molecule has 1 aliphatic rings. The molecule has 0 aliphatic carbocycles. The van der Waals surface area contributed by atoms with E-state index in [9.17, 15) is 14.7 Å². The van der Waals surface area contributed by atoms with Gasteiger partial charge in [-0.3, -0.25) is 9.69 Å². The van der Waals surface area contributed by atoms with E-state index < -0.39 is 37.7 Å². The van der Waals surface area contributed by atoms with Gasteiger partial charge in [-0.15, -0.1) is 10.2 Å². The van der Waals surface area contributed by atoms with Crippen LogP contribution in [0.2, 0.25) is 18.1 Å². The van der Waals surface area contributed by atoms with Gasteiger partial charge >= 0.3 is 6.09 Å². The second kappa shape index (κ2) is 11.8. The van der Waals surface area contributed by atoms with Crippen molar-refractivity contribution >= 4 is 20.3 Å². The summed E-state index contributed by atoms with van der Waals surface area (Å²) in [4.78, 5) is 27.6. The highest BCUT2D eigenvalue weighted by molar-refractivity contribution is 6.74. The number of rotatable bonds is 10. The molecule has 1 saturated heterocycles. The summed E-state index contributed by atoms with van der Waals surface area (Å²) in [5, 5.41) is 21.5. The fraction of sp³-hybridized carbons (Fsp3) is 0.846. The molecule has 0 aromatic carbocycles. The summed E-state index contributed by atoms with van der Waals surface area (Å²) in [5.41, 5.74) is -1.38. The van der Waals surface area contributed by atoms with Gasteiger partial charge in [-0.2, -0.15) is 0 Å². The number of aliphatic hydroxyl groups is 1. The summed E-state index contributed by atoms with van der Waals surface area (Å²) in [6, 6.07) is -0.584. The van der Waals surface area contributed by atoms with Crippen molar-refractivity contribution in [1.82, 2.24) is 20.4 Å². The standard InChI is InChI=1S/C26H48N4O6Si/c1-18(36-37(9,10)25(6,7)8)21(22-29-27-17-34-22)28-20(32)13-11-14-26(19(2)31)15-12-16-30(26)23(33)35-24(3,4)5/h17-19,21,31H,11-16H2,1-10H3,(H,28,32)/t18?,19?,21-,26?/m0/s1. The molecule has 0 saturated carbocycles. The van der Waals surface area contributed by atoms with Crippen LogP contribution in [0, 0.1) is 0 Å². The Labute approximate surface area is 223 Å². The fourth-order valence-corrected chi connectivity index (χ4v) is 6.02. The van der Waals surface area contributed by atoms with Gasteiger partial charge in [0, 0.05) is 13.0 Å². The molecule has 0 spiro atoms. The molecule has 1 fully saturated rings. The van der Waals surface area contributed by atoms with Gasteiger partial charge in [-0.25, -0.2) is 4.79 Å². The summed E-state index contributed by atoms with van der Waals surface area (Å²) in [5.74, 6) is 0.114. The van der Waals surface area contributed by atoms with Crippen LogP contribution in [0.25, 0.3) is 0 Å². The molecule has 3 unspecified atom stereocenters. The number of nitrogens with one attached hydrogen (secondary N) is 1. The molecule has 2 amide bonds. The van der Waals surface area contributed by atoms with Crippen molar-refractivity contribution in [2.24, 2.45) is 0 Å². The lowest BCUT2D eigenvalue weighted by Crippen LogP contribution is -2.55. The Morgan fingerprint density at radius 3 is 2.41 bits per heavy atom. The molecule has 1 aliphatic heterocycles. The van der Waals surface area contributed by atoms with Crippen LogP contribution in [-0.4, -0.2) is 70.4 Å². The van der Waals surface area contributed by atoms with Crippen LogP contribution >= 0.6 is 0 Å². The predicted molar refractivity (Wildman–Crippen MR) is 143 cm³/mol. The summed E-state index contributed by atoms with van der Waals surface area (Å²) >= 11 is 0. The number of ether oxygens (including phenoxy) is 1. The second-order valence-electron chi connectivity index (χ2n) is 12.8. The number of hydrogen-bond acceptors (Lipinski definition) is 8. The van der Waals surface area contributed by atoms with E-state index >= 15 is 0 Å². The van der Waals surface area contributed by atoms with Crippen molar-refractivity contribution in [1.29, 1.82) is 0 Å². The average Bonchev–Trinajstić information content (AvgIpc) is 3.40. The molecule has 1 aromatic rings. The third kappa shape index (κ3) is 8.00. The first-order valence-electron chi connectivity index (χ1n) is 13.3. The molecular formula is C26H48N4O6Si. The highest BCUT2D eigenvalue weighted by atomic mass is 28.4. The molecule has 10 nitrogen and oxygen atoms in total. The van der Waals surface area contributed by atoms with Crippen molar-refractivity contribution < 1.29 is 28.3 Å². The molecule has 1 aromatic heterocycles. The SMILES string of the molecule is CC(O[Si](C)(C)C(C)(C)C)[C@H](NC(=O)CCCC1(C(C)O)CCCN1C(=O)OC(C)(C)C)c1nnco1. The summed E-state index contributed by atoms with van der Waals surface area (Å²) in [7, 11) is -2.11. The largest absolute Gasteiger partial charge is 0.444 e. The third-order valence-electron chi connectivity index (χ3n) is 7.65. The maximum atomic E-state index is 13.1. The van der Waals surface area contributed by atoms with Gasteiger partial charge < -0.3 is 24.0 Å². The predicted octanol–water partition coefficient (Wildman–Crippen LogP) is 4.96. The first-order valence-corrected chi connectivity index (χ1v) is 16.2. The Kier molecular flexibility index (Phi) is 9.98. The Bertz CT molecular complexity index is 894. The van der Waals surface area contributed by atoms with E-state index in [1.54, 1.807) is 11.8 Å². The van der Waals surface area contributed by atoms with Crippen LogP contribution in [0.1, 0.15) is 99.4 Å². The molecule has 4 atom stereocenters. The van der Waals surface area contributed by atoms with Crippen molar-refractivity contribution in [2.75, 3.05) is 6.54 Å². The van der Waals surface area contributed by atoms with Gasteiger partial charge in [0.2, 0.25) is 18.2 Å². The van der Waals surface area contributed by atoms with Crippen molar-refractivity contribution in [2.45, 2.75) is 135 Å². The van der Waals surface area contributed by atoms with Crippen LogP contribution in [0.5, 0.6) is 0 Å². The minimum Gasteiger partial charge on any atom is -0.444 e. The highest BCUT2D eigenvalue weighted by Gasteiger charge is 2.48. The zero-order chi connectivity index (χ0) is 28.2. The molecule has 37 heavy (non-hydrogen) atoms. The smallest absolute Gasteiger partial charge is 0.410 e. The Morgan fingerprint density at radius 2 is 1.89 bits per heavy atom. The molecule has 11 heteroatoms. The number of likely N-dealkylation sites (tertiary alicyclic amines) is 1. The Morgan fingerprint density at radius 1 is 1.24 bits per heavy atom. The van der Waals surface area contributed by atoms with Crippen LogP contribution in [-0.2, 0) is 14.0 Å². The molecule has 0 bridgehead atoms. The maximum Gasteiger partial charge on any atom is 0.410 e. The van der Waals surface area contributed by atoms with E-state index in [0.29, 0.717) is 31.7 Å². The van der Waals surface area contributed by atoms with Gasteiger partial charge in [-0.1, -0.05) is 20.8 Å². The summed E-state index contributed by atoms with van der Waals surface area (Å²) in [6.07, 6.45) is 2.32. The van der Waals surface area contributed by atoms with E-state index in [0.717, 1.165) is 6.42 Å². The van der Waals surface area contributed by atoms with Gasteiger partial charge in [0.25, 0.3) is 0 Å². The Balaban J connectivity index is 2.07. The molecule has 2 N–H and O–H groups in total. The monoisotopic (exact) mass is 540 g/mol. The molecule has 212 valence electrons. The average molecular weight is 541 g/mol. The maximum absolute atomic E-state index is 13.1. The number of nitrogens with zero attached hydrogens (tertiary/aromatic N) is 3. The molecular weight excluding hydrogens is 492 g/mol. The van der Waals surface area contributed by atoms with E-state index in [-0.39, 0.29) is 23.5 Å². The van der Waals surface area contributed by atoms with Gasteiger partial charge in [0.05, 0.1) is 17.7 Å². The molecule has 2 rings (SSSR count). The number of aliphatic hydroxyl groups excluding tert-OH is 1. The zero-order valence-electron chi connectivity index (χ0n) is 24.4. The number of hydrogen-bond donors (Lipinski definition) is 2. The fourth-order valence-electron chi connectivity index (χ4n) is 4.60. The van der Waals surface area contributed by atoms with Crippen LogP contribution in [0.4, 0.5) is 4.79 Å².